The molecule has 1 aromatic carbocycles. The summed E-state index contributed by atoms with van der Waals surface area (Å²) >= 11 is 5.98. The molecule has 0 fully saturated rings. The van der Waals surface area contributed by atoms with Crippen molar-refractivity contribution in [2.24, 2.45) is 5.10 Å². The van der Waals surface area contributed by atoms with Crippen LogP contribution in [0.1, 0.15) is 35.2 Å². The molecule has 0 radical (unpaired) electrons. The maximum atomic E-state index is 13.2. The van der Waals surface area contributed by atoms with E-state index in [2.05, 4.69) is 10.3 Å². The third kappa shape index (κ3) is 4.08. The van der Waals surface area contributed by atoms with Crippen molar-refractivity contribution in [2.45, 2.75) is 31.2 Å². The lowest BCUT2D eigenvalue weighted by Gasteiger charge is -2.23. The second-order valence-electron chi connectivity index (χ2n) is 7.44. The summed E-state index contributed by atoms with van der Waals surface area (Å²) in [5.74, 6) is 0.231. The number of nitrogens with zero attached hydrogens (tertiary/aromatic N) is 4. The third-order valence-electron chi connectivity index (χ3n) is 5.21. The van der Waals surface area contributed by atoms with Gasteiger partial charge in [-0.2, -0.15) is 9.41 Å². The van der Waals surface area contributed by atoms with E-state index >= 15 is 0 Å². The fourth-order valence-electron chi connectivity index (χ4n) is 3.61. The van der Waals surface area contributed by atoms with Crippen LogP contribution in [-0.2, 0) is 14.8 Å². The zero-order valence-corrected chi connectivity index (χ0v) is 19.2. The molecular weight excluding hydrogens is 456 g/mol. The normalized spacial score (nSPS) is 16.6. The van der Waals surface area contributed by atoms with Gasteiger partial charge in [-0.3, -0.25) is 4.79 Å². The predicted octanol–water partition coefficient (Wildman–Crippen LogP) is 3.54. The highest BCUT2D eigenvalue weighted by atomic mass is 35.5. The third-order valence-corrected chi connectivity index (χ3v) is 7.51. The number of likely N-dealkylation sites (N-methyl/N-ethyl adjacent to an activating group) is 1. The van der Waals surface area contributed by atoms with Gasteiger partial charge in [-0.25, -0.2) is 13.4 Å². The number of hydrogen-bond acceptors (Lipinski definition) is 7. The zero-order chi connectivity index (χ0) is 23.0. The van der Waals surface area contributed by atoms with E-state index in [-0.39, 0.29) is 16.3 Å². The van der Waals surface area contributed by atoms with E-state index in [4.69, 9.17) is 20.5 Å². The highest BCUT2D eigenvalue weighted by Gasteiger charge is 2.37. The number of hydrogen-bond donors (Lipinski definition) is 0. The quantitative estimate of drug-likeness (QED) is 0.538. The fourth-order valence-corrected chi connectivity index (χ4v) is 5.14. The Balaban J connectivity index is 1.61. The van der Waals surface area contributed by atoms with Crippen molar-refractivity contribution in [1.29, 1.82) is 0 Å². The van der Waals surface area contributed by atoms with Crippen LogP contribution in [0.3, 0.4) is 0 Å². The molecule has 4 rings (SSSR count). The molecule has 1 unspecified atom stereocenters. The molecule has 1 aliphatic rings. The molecule has 0 saturated carbocycles. The van der Waals surface area contributed by atoms with Gasteiger partial charge in [0, 0.05) is 18.5 Å². The number of benzene rings is 1. The van der Waals surface area contributed by atoms with Gasteiger partial charge in [0.1, 0.15) is 22.4 Å². The van der Waals surface area contributed by atoms with Gasteiger partial charge >= 0.3 is 0 Å². The van der Waals surface area contributed by atoms with Crippen molar-refractivity contribution >= 4 is 33.2 Å². The van der Waals surface area contributed by atoms with Gasteiger partial charge < -0.3 is 8.94 Å². The van der Waals surface area contributed by atoms with E-state index < -0.39 is 28.5 Å². The molecule has 32 heavy (non-hydrogen) atoms. The summed E-state index contributed by atoms with van der Waals surface area (Å²) in [6.45, 7) is 2.63. The van der Waals surface area contributed by atoms with Crippen LogP contribution in [0.5, 0.6) is 0 Å². The van der Waals surface area contributed by atoms with Crippen LogP contribution in [0.4, 0.5) is 0 Å². The number of carbonyl (C=O) groups excluding carboxylic acids is 1. The summed E-state index contributed by atoms with van der Waals surface area (Å²) in [6, 6.07) is 10.1. The van der Waals surface area contributed by atoms with Crippen molar-refractivity contribution in [3.05, 3.63) is 70.5 Å². The van der Waals surface area contributed by atoms with E-state index in [9.17, 15) is 13.2 Å². The van der Waals surface area contributed by atoms with Crippen LogP contribution in [0.2, 0.25) is 5.02 Å². The second kappa shape index (κ2) is 8.53. The first-order chi connectivity index (χ1) is 15.2. The van der Waals surface area contributed by atoms with Crippen molar-refractivity contribution in [3.63, 3.8) is 0 Å². The minimum Gasteiger partial charge on any atom is -0.467 e. The van der Waals surface area contributed by atoms with Crippen LogP contribution in [0.25, 0.3) is 0 Å². The average molecular weight is 477 g/mol. The molecule has 1 atom stereocenters. The van der Waals surface area contributed by atoms with Crippen molar-refractivity contribution in [3.8, 4) is 0 Å². The Labute approximate surface area is 190 Å². The number of aromatic nitrogens is 1. The number of furan rings is 1. The Kier molecular flexibility index (Phi) is 5.93. The zero-order valence-electron chi connectivity index (χ0n) is 17.6. The highest BCUT2D eigenvalue weighted by Crippen LogP contribution is 2.33. The molecule has 0 bridgehead atoms. The smallest absolute Gasteiger partial charge is 0.258 e. The lowest BCUT2D eigenvalue weighted by atomic mass is 10.0. The number of amides is 1. The van der Waals surface area contributed by atoms with E-state index in [1.54, 1.807) is 24.3 Å². The first kappa shape index (κ1) is 22.3. The molecular formula is C21H21ClN4O5S. The molecule has 0 saturated heterocycles. The second-order valence-corrected chi connectivity index (χ2v) is 9.86. The number of aryl methyl sites for hydroxylation is 2. The van der Waals surface area contributed by atoms with Gasteiger partial charge in [-0.1, -0.05) is 28.9 Å². The monoisotopic (exact) mass is 476 g/mol. The Hall–Kier alpha value is -2.95. The Morgan fingerprint density at radius 3 is 2.56 bits per heavy atom. The lowest BCUT2D eigenvalue weighted by Crippen LogP contribution is -2.39. The van der Waals surface area contributed by atoms with Crippen molar-refractivity contribution < 1.29 is 22.2 Å². The maximum Gasteiger partial charge on any atom is 0.258 e. The summed E-state index contributed by atoms with van der Waals surface area (Å²) in [4.78, 5) is 13.1. The van der Waals surface area contributed by atoms with Gasteiger partial charge in [-0.05, 0) is 43.7 Å². The highest BCUT2D eigenvalue weighted by molar-refractivity contribution is 7.89. The van der Waals surface area contributed by atoms with Crippen LogP contribution >= 0.6 is 11.6 Å². The molecule has 3 aromatic rings. The van der Waals surface area contributed by atoms with Gasteiger partial charge in [0.2, 0.25) is 10.0 Å². The van der Waals surface area contributed by atoms with E-state index in [0.717, 1.165) is 9.87 Å². The SMILES string of the molecule is Cc1noc(C)c1S(=O)(=O)N(C)CC(=O)N1N=C(c2ccc(Cl)cc2)CC1c1ccco1. The standard InChI is InChI=1S/C21H21ClN4O5S/c1-13-21(14(2)31-24-13)32(28,29)25(3)12-20(27)26-18(19-5-4-10-30-19)11-17(23-26)15-6-8-16(22)9-7-15/h4-10,18H,11-12H2,1-3H3. The summed E-state index contributed by atoms with van der Waals surface area (Å²) in [5, 5.41) is 10.1. The number of sulfonamides is 1. The van der Waals surface area contributed by atoms with Crippen LogP contribution in [0, 0.1) is 13.8 Å². The molecule has 0 N–H and O–H groups in total. The van der Waals surface area contributed by atoms with Crippen LogP contribution in [0.15, 0.2) is 61.6 Å². The van der Waals surface area contributed by atoms with E-state index in [1.807, 2.05) is 12.1 Å². The van der Waals surface area contributed by atoms with Gasteiger partial charge in [0.05, 0.1) is 18.5 Å². The Bertz CT molecular complexity index is 1250. The molecule has 11 heteroatoms. The van der Waals surface area contributed by atoms with Crippen LogP contribution < -0.4 is 0 Å². The molecule has 0 aliphatic carbocycles. The Morgan fingerprint density at radius 2 is 1.97 bits per heavy atom. The maximum absolute atomic E-state index is 13.2. The summed E-state index contributed by atoms with van der Waals surface area (Å²) in [7, 11) is -2.65. The minimum absolute atomic E-state index is 0.0397. The number of hydrazone groups is 1. The lowest BCUT2D eigenvalue weighted by molar-refractivity contribution is -0.133. The molecule has 0 spiro atoms. The molecule has 1 amide bonds. The number of carbonyl (C=O) groups is 1. The minimum atomic E-state index is -3.98. The van der Waals surface area contributed by atoms with E-state index in [1.165, 1.54) is 32.2 Å². The summed E-state index contributed by atoms with van der Waals surface area (Å²) in [6.07, 6.45) is 1.94. The van der Waals surface area contributed by atoms with Gasteiger partial charge in [0.25, 0.3) is 5.91 Å². The van der Waals surface area contributed by atoms with Crippen molar-refractivity contribution in [2.75, 3.05) is 13.6 Å². The largest absolute Gasteiger partial charge is 0.467 e. The van der Waals surface area contributed by atoms with E-state index in [0.29, 0.717) is 22.9 Å². The predicted molar refractivity (Wildman–Crippen MR) is 117 cm³/mol. The topological polar surface area (TPSA) is 109 Å². The molecule has 168 valence electrons. The first-order valence-corrected chi connectivity index (χ1v) is 11.6. The van der Waals surface area contributed by atoms with Gasteiger partial charge in [-0.15, -0.1) is 0 Å². The first-order valence-electron chi connectivity index (χ1n) is 9.76. The molecule has 2 aromatic heterocycles. The molecule has 9 nitrogen and oxygen atoms in total. The van der Waals surface area contributed by atoms with Gasteiger partial charge in [0.15, 0.2) is 5.76 Å². The summed E-state index contributed by atoms with van der Waals surface area (Å²) in [5.41, 5.74) is 1.73. The molecule has 3 heterocycles. The van der Waals surface area contributed by atoms with Crippen molar-refractivity contribution in [1.82, 2.24) is 14.5 Å². The number of rotatable bonds is 6. The van der Waals surface area contributed by atoms with Crippen LogP contribution in [-0.4, -0.2) is 48.1 Å². The summed E-state index contributed by atoms with van der Waals surface area (Å²) < 4.78 is 37.5. The fraction of sp³-hybridized carbons (Fsp3) is 0.286. The average Bonchev–Trinajstić information content (AvgIpc) is 3.48. The molecule has 1 aliphatic heterocycles. The Morgan fingerprint density at radius 1 is 1.25 bits per heavy atom. The number of halogens is 1.